The monoisotopic (exact) mass is 1180 g/mol. The Morgan fingerprint density at radius 2 is 0.670 bits per heavy atom. The molecular weight excluding hydrogens is 1140 g/mol. The zero-order valence-electron chi connectivity index (χ0n) is 47.4. The molecule has 20 rings (SSSR count). The van der Waals surface area contributed by atoms with E-state index < -0.39 is 0 Å². The molecule has 4 aliphatic rings. The van der Waals surface area contributed by atoms with E-state index in [9.17, 15) is 0 Å². The Morgan fingerprint density at radius 1 is 0.250 bits per heavy atom. The molecule has 0 saturated heterocycles. The van der Waals surface area contributed by atoms with E-state index in [1.165, 1.54) is 97.1 Å². The Kier molecular flexibility index (Phi) is 10.1. The molecule has 88 heavy (non-hydrogen) atoms. The van der Waals surface area contributed by atoms with Crippen LogP contribution in [0.1, 0.15) is 0 Å². The fourth-order valence-electron chi connectivity index (χ4n) is 15.3. The molecule has 0 N–H and O–H groups in total. The maximum atomic E-state index is 6.64. The molecule has 0 bridgehead atoms. The van der Waals surface area contributed by atoms with Gasteiger partial charge in [0.15, 0.2) is 0 Å². The van der Waals surface area contributed by atoms with Gasteiger partial charge in [0.1, 0.15) is 11.2 Å². The number of benzene rings is 14. The average Bonchev–Trinajstić information content (AvgIpc) is 0.905. The topological polar surface area (TPSA) is 36.0 Å². The van der Waals surface area contributed by atoms with Gasteiger partial charge in [-0.3, -0.25) is 0 Å². The molecule has 4 aliphatic heterocycles. The van der Waals surface area contributed by atoms with Crippen LogP contribution in [-0.4, -0.2) is 28.4 Å². The van der Waals surface area contributed by atoms with Crippen molar-refractivity contribution in [1.29, 1.82) is 0 Å². The van der Waals surface area contributed by atoms with Gasteiger partial charge in [0.25, 0.3) is 0 Å². The summed E-state index contributed by atoms with van der Waals surface area (Å²) in [4.78, 5) is 7.69. The number of anilines is 9. The van der Waals surface area contributed by atoms with Crippen LogP contribution in [-0.2, 0) is 0 Å². The van der Waals surface area contributed by atoms with Crippen LogP contribution >= 0.6 is 0 Å². The normalized spacial score (nSPS) is 13.5. The van der Waals surface area contributed by atoms with Gasteiger partial charge in [-0.25, -0.2) is 0 Å². The third-order valence-corrected chi connectivity index (χ3v) is 21.6. The second-order valence-electron chi connectivity index (χ2n) is 23.9. The molecule has 16 aromatic rings. The van der Waals surface area contributed by atoms with E-state index >= 15 is 0 Å². The first-order valence-electron chi connectivity index (χ1n) is 30.3. The van der Waals surface area contributed by atoms with Crippen molar-refractivity contribution in [3.8, 4) is 22.3 Å². The van der Waals surface area contributed by atoms with E-state index in [0.717, 1.165) is 83.4 Å². The molecule has 0 saturated carbocycles. The minimum absolute atomic E-state index is 0.0142. The number of furan rings is 2. The van der Waals surface area contributed by atoms with Gasteiger partial charge in [-0.15, -0.1) is 0 Å². The third kappa shape index (κ3) is 7.01. The van der Waals surface area contributed by atoms with Crippen molar-refractivity contribution in [2.45, 2.75) is 0 Å². The SMILES string of the molecule is c1ccc(N2c3cc4c(cc3B3c5ccccc5[Se]c5cc(-c6ccc7oc8cc9ccccc9cc8c7c6)cc2c53)B2c3ccccc3N(c3ccccc3)c3cc(-c5ccc6oc7cc8ccccc8cc7c6c5)cc(c32)N4c2ccccc2)cc1. The standard InChI is InChI=1S/C80H47B2N3O2Se/c1-4-22-56(23-5-1)83-67-30-16-14-28-63(67)81-65-46-66-69(47-68(65)84(57-24-6-2-7-25-57)71-41-54(40-70(83)79(71)81)52-32-34-73-59(38-52)61-36-48-18-10-12-20-50(48)43-75(61)86-73)85(58-26-8-3-9-27-58)72-42-55(45-78-80(72)82(66)64-29-15-17-31-77(64)88-78)53-33-35-74-60(39-53)62-37-49-19-11-13-21-51(49)44-76(62)87-74/h1-47H. The van der Waals surface area contributed by atoms with Crippen molar-refractivity contribution in [2.75, 3.05) is 14.7 Å². The minimum atomic E-state index is -0.104. The number of para-hydroxylation sites is 4. The van der Waals surface area contributed by atoms with E-state index in [4.69, 9.17) is 8.83 Å². The maximum absolute atomic E-state index is 6.64. The summed E-state index contributed by atoms with van der Waals surface area (Å²) >= 11 is 0.0368. The van der Waals surface area contributed by atoms with Crippen molar-refractivity contribution < 1.29 is 8.83 Å². The van der Waals surface area contributed by atoms with Crippen LogP contribution in [0.5, 0.6) is 0 Å². The fraction of sp³-hybridized carbons (Fsp3) is 0. The number of hydrogen-bond acceptors (Lipinski definition) is 5. The van der Waals surface area contributed by atoms with E-state index in [2.05, 4.69) is 300 Å². The van der Waals surface area contributed by atoms with Gasteiger partial charge in [0, 0.05) is 10.8 Å². The van der Waals surface area contributed by atoms with Gasteiger partial charge < -0.3 is 4.42 Å². The van der Waals surface area contributed by atoms with Gasteiger partial charge in [-0.1, -0.05) is 48.5 Å². The molecule has 0 unspecified atom stereocenters. The number of rotatable bonds is 5. The van der Waals surface area contributed by atoms with Gasteiger partial charge in [0.2, 0.25) is 0 Å². The van der Waals surface area contributed by atoms with Crippen LogP contribution in [0, 0.1) is 0 Å². The summed E-state index contributed by atoms with van der Waals surface area (Å²) in [7, 11) is 0. The summed E-state index contributed by atoms with van der Waals surface area (Å²) in [6, 6.07) is 106. The Morgan fingerprint density at radius 3 is 1.22 bits per heavy atom. The molecular formula is C80H47B2N3O2Se. The van der Waals surface area contributed by atoms with Crippen LogP contribution in [0.25, 0.3) is 87.7 Å². The summed E-state index contributed by atoms with van der Waals surface area (Å²) in [6.45, 7) is -0.118. The Balaban J connectivity index is 0.852. The van der Waals surface area contributed by atoms with Crippen LogP contribution in [0.4, 0.5) is 51.2 Å². The van der Waals surface area contributed by atoms with E-state index in [0.29, 0.717) is 0 Å². The van der Waals surface area contributed by atoms with Crippen LogP contribution < -0.4 is 56.4 Å². The van der Waals surface area contributed by atoms with Crippen LogP contribution in [0.2, 0.25) is 0 Å². The van der Waals surface area contributed by atoms with Gasteiger partial charge in [-0.2, -0.15) is 0 Å². The van der Waals surface area contributed by atoms with Crippen molar-refractivity contribution >= 4 is 187 Å². The van der Waals surface area contributed by atoms with Gasteiger partial charge >= 0.3 is 408 Å². The van der Waals surface area contributed by atoms with Crippen molar-refractivity contribution in [3.63, 3.8) is 0 Å². The molecule has 0 atom stereocenters. The summed E-state index contributed by atoms with van der Waals surface area (Å²) < 4.78 is 16.1. The summed E-state index contributed by atoms with van der Waals surface area (Å²) in [6.07, 6.45) is 0. The summed E-state index contributed by atoms with van der Waals surface area (Å²) in [5.41, 5.74) is 26.6. The molecule has 0 fully saturated rings. The van der Waals surface area contributed by atoms with Crippen molar-refractivity contribution in [3.05, 3.63) is 285 Å². The molecule has 406 valence electrons. The second-order valence-corrected chi connectivity index (χ2v) is 26.2. The fourth-order valence-corrected chi connectivity index (χ4v) is 17.8. The predicted molar refractivity (Wildman–Crippen MR) is 372 cm³/mol. The van der Waals surface area contributed by atoms with E-state index in [1.807, 2.05) is 0 Å². The summed E-state index contributed by atoms with van der Waals surface area (Å²) in [5.74, 6) is 0. The molecule has 14 aromatic carbocycles. The second kappa shape index (κ2) is 18.4. The molecule has 0 spiro atoms. The van der Waals surface area contributed by atoms with Crippen LogP contribution in [0.15, 0.2) is 294 Å². The molecule has 0 aliphatic carbocycles. The van der Waals surface area contributed by atoms with Gasteiger partial charge in [0.05, 0.1) is 0 Å². The third-order valence-electron chi connectivity index (χ3n) is 19.2. The number of fused-ring (bicyclic) bond motifs is 16. The Labute approximate surface area is 514 Å². The zero-order chi connectivity index (χ0) is 57.3. The van der Waals surface area contributed by atoms with Crippen molar-refractivity contribution in [2.24, 2.45) is 0 Å². The van der Waals surface area contributed by atoms with Gasteiger partial charge in [-0.05, 0) is 35.0 Å². The molecule has 0 radical (unpaired) electrons. The van der Waals surface area contributed by atoms with Crippen LogP contribution in [0.3, 0.4) is 0 Å². The Bertz CT molecular complexity index is 5670. The summed E-state index contributed by atoms with van der Waals surface area (Å²) in [5, 5.41) is 9.24. The predicted octanol–water partition coefficient (Wildman–Crippen LogP) is 15.5. The molecule has 5 nitrogen and oxygen atoms in total. The Hall–Kier alpha value is -10.8. The molecule has 0 amide bonds. The van der Waals surface area contributed by atoms with Crippen molar-refractivity contribution in [1.82, 2.24) is 0 Å². The first kappa shape index (κ1) is 48.5. The molecule has 8 heteroatoms. The first-order chi connectivity index (χ1) is 43.6. The number of nitrogens with zero attached hydrogens (tertiary/aromatic N) is 3. The number of hydrogen-bond donors (Lipinski definition) is 0. The molecule has 6 heterocycles. The zero-order valence-corrected chi connectivity index (χ0v) is 49.1. The average molecular weight is 1180 g/mol. The van der Waals surface area contributed by atoms with E-state index in [-0.39, 0.29) is 28.4 Å². The quantitative estimate of drug-likeness (QED) is 0.161. The molecule has 2 aromatic heterocycles. The first-order valence-corrected chi connectivity index (χ1v) is 32.0. The van der Waals surface area contributed by atoms with E-state index in [1.54, 1.807) is 0 Å².